The number of carbonyl (C=O) groups excluding carboxylic acids is 2. The van der Waals surface area contributed by atoms with Crippen LogP contribution in [-0.2, 0) is 12.8 Å². The number of pyridine rings is 2. The van der Waals surface area contributed by atoms with Crippen LogP contribution in [0.15, 0.2) is 85.2 Å². The summed E-state index contributed by atoms with van der Waals surface area (Å²) in [6.07, 6.45) is 8.37. The number of phenols is 1. The van der Waals surface area contributed by atoms with Crippen molar-refractivity contribution in [1.29, 1.82) is 0 Å². The second kappa shape index (κ2) is 13.4. The molecule has 1 N–H and O–H groups in total. The summed E-state index contributed by atoms with van der Waals surface area (Å²) in [6, 6.07) is 22.6. The van der Waals surface area contributed by atoms with Crippen molar-refractivity contribution in [3.8, 4) is 53.8 Å². The molecule has 10 heteroatoms. The maximum Gasteiger partial charge on any atom is 0.164 e. The summed E-state index contributed by atoms with van der Waals surface area (Å²) in [5.74, 6) is 1.45. The number of phenolic OH excluding ortho intramolecular Hbond substituents is 1. The predicted molar refractivity (Wildman–Crippen MR) is 184 cm³/mol. The van der Waals surface area contributed by atoms with E-state index in [0.29, 0.717) is 12.8 Å². The molecule has 0 radical (unpaired) electrons. The van der Waals surface area contributed by atoms with E-state index in [2.05, 4.69) is 19.9 Å². The Hall–Kier alpha value is -5.06. The molecule has 0 saturated carbocycles. The third-order valence-corrected chi connectivity index (χ3v) is 10.3. The van der Waals surface area contributed by atoms with E-state index in [9.17, 15) is 14.7 Å². The lowest BCUT2D eigenvalue weighted by atomic mass is 9.94. The first kappa shape index (κ1) is 30.6. The fourth-order valence-corrected chi connectivity index (χ4v) is 7.48. The number of hydrogen-bond acceptors (Lipinski definition) is 10. The first-order chi connectivity index (χ1) is 22.9. The molecule has 0 bridgehead atoms. The number of aromatic nitrogens is 4. The van der Waals surface area contributed by atoms with E-state index >= 15 is 0 Å². The second-order valence-corrected chi connectivity index (χ2v) is 13.3. The topological polar surface area (TPSA) is 115 Å². The van der Waals surface area contributed by atoms with Gasteiger partial charge in [-0.1, -0.05) is 24.3 Å². The van der Waals surface area contributed by atoms with Gasteiger partial charge in [0.15, 0.2) is 11.6 Å². The predicted octanol–water partition coefficient (Wildman–Crippen LogP) is 8.50. The molecule has 0 aliphatic heterocycles. The van der Waals surface area contributed by atoms with Gasteiger partial charge < -0.3 is 9.84 Å². The first-order valence-corrected chi connectivity index (χ1v) is 17.0. The second-order valence-electron chi connectivity index (χ2n) is 11.3. The number of ketones is 2. The SMILES string of the molecule is COc1cccc(-c2cnc(-c3ccc4c(n3)CCCC4=O)s2)c1.O=C1CCCc2nc(-c3ncc(-c4cccc(O)c4)s3)ccc21. The average molecular weight is 659 g/mol. The summed E-state index contributed by atoms with van der Waals surface area (Å²) in [6.45, 7) is 0. The number of ether oxygens (including phenoxy) is 1. The van der Waals surface area contributed by atoms with Crippen LogP contribution in [0.1, 0.15) is 57.8 Å². The van der Waals surface area contributed by atoms with Gasteiger partial charge in [0.2, 0.25) is 0 Å². The molecule has 4 heterocycles. The van der Waals surface area contributed by atoms with Gasteiger partial charge in [0.1, 0.15) is 21.5 Å². The Morgan fingerprint density at radius 2 is 1.19 bits per heavy atom. The Labute approximate surface area is 279 Å². The molecule has 234 valence electrons. The van der Waals surface area contributed by atoms with E-state index in [4.69, 9.17) is 4.74 Å². The fourth-order valence-electron chi connectivity index (χ4n) is 5.72. The summed E-state index contributed by atoms with van der Waals surface area (Å²) in [7, 11) is 1.66. The van der Waals surface area contributed by atoms with Gasteiger partial charge in [-0.05, 0) is 85.3 Å². The largest absolute Gasteiger partial charge is 0.508 e. The van der Waals surface area contributed by atoms with E-state index in [1.54, 1.807) is 36.8 Å². The minimum absolute atomic E-state index is 0.185. The van der Waals surface area contributed by atoms with E-state index in [-0.39, 0.29) is 17.3 Å². The zero-order chi connectivity index (χ0) is 32.3. The number of aromatic hydroxyl groups is 1. The van der Waals surface area contributed by atoms with Crippen molar-refractivity contribution in [2.75, 3.05) is 7.11 Å². The van der Waals surface area contributed by atoms with Gasteiger partial charge in [-0.3, -0.25) is 9.59 Å². The number of methoxy groups -OCH3 is 1. The number of hydrogen-bond donors (Lipinski definition) is 1. The lowest BCUT2D eigenvalue weighted by Crippen LogP contribution is -2.12. The Kier molecular flexibility index (Phi) is 8.69. The van der Waals surface area contributed by atoms with Gasteiger partial charge in [-0.15, -0.1) is 22.7 Å². The quantitative estimate of drug-likeness (QED) is 0.196. The number of carbonyl (C=O) groups is 2. The molecule has 0 atom stereocenters. The molecule has 0 spiro atoms. The Morgan fingerprint density at radius 3 is 1.72 bits per heavy atom. The number of fused-ring (bicyclic) bond motifs is 2. The van der Waals surface area contributed by atoms with Crippen molar-refractivity contribution in [3.63, 3.8) is 0 Å². The van der Waals surface area contributed by atoms with Crippen molar-refractivity contribution in [3.05, 3.63) is 108 Å². The summed E-state index contributed by atoms with van der Waals surface area (Å²) >= 11 is 3.13. The zero-order valence-electron chi connectivity index (χ0n) is 25.6. The minimum atomic E-state index is 0.185. The van der Waals surface area contributed by atoms with Crippen LogP contribution in [0.4, 0.5) is 0 Å². The molecule has 2 aliphatic rings. The van der Waals surface area contributed by atoms with Crippen LogP contribution in [0, 0.1) is 0 Å². The Bertz CT molecular complexity index is 2120. The summed E-state index contributed by atoms with van der Waals surface area (Å²) in [4.78, 5) is 44.1. The molecule has 0 amide bonds. The monoisotopic (exact) mass is 658 g/mol. The van der Waals surface area contributed by atoms with E-state index < -0.39 is 0 Å². The number of thiazole rings is 2. The molecular formula is C37H30N4O4S2. The van der Waals surface area contributed by atoms with Gasteiger partial charge in [-0.25, -0.2) is 19.9 Å². The van der Waals surface area contributed by atoms with Crippen LogP contribution >= 0.6 is 22.7 Å². The average Bonchev–Trinajstić information content (AvgIpc) is 3.80. The highest BCUT2D eigenvalue weighted by atomic mass is 32.1. The van der Waals surface area contributed by atoms with Gasteiger partial charge in [0.25, 0.3) is 0 Å². The normalized spacial score (nSPS) is 13.7. The molecular weight excluding hydrogens is 629 g/mol. The number of aryl methyl sites for hydroxylation is 2. The zero-order valence-corrected chi connectivity index (χ0v) is 27.2. The van der Waals surface area contributed by atoms with Crippen LogP contribution in [0.2, 0.25) is 0 Å². The maximum absolute atomic E-state index is 11.9. The maximum atomic E-state index is 11.9. The van der Waals surface area contributed by atoms with Gasteiger partial charge >= 0.3 is 0 Å². The smallest absolute Gasteiger partial charge is 0.164 e. The molecule has 6 aromatic rings. The number of rotatable bonds is 5. The van der Waals surface area contributed by atoms with Crippen LogP contribution in [-0.4, -0.2) is 43.7 Å². The Balaban J connectivity index is 0.000000150. The van der Waals surface area contributed by atoms with Crippen LogP contribution in [0.5, 0.6) is 11.5 Å². The van der Waals surface area contributed by atoms with Crippen molar-refractivity contribution in [2.24, 2.45) is 0 Å². The van der Waals surface area contributed by atoms with Gasteiger partial charge in [-0.2, -0.15) is 0 Å². The molecule has 4 aromatic heterocycles. The minimum Gasteiger partial charge on any atom is -0.508 e. The highest BCUT2D eigenvalue weighted by Gasteiger charge is 2.21. The molecule has 2 aliphatic carbocycles. The molecule has 0 unspecified atom stereocenters. The third-order valence-electron chi connectivity index (χ3n) is 8.12. The molecule has 0 fully saturated rings. The van der Waals surface area contributed by atoms with E-state index in [1.165, 1.54) is 11.3 Å². The number of Topliss-reactive ketones (excluding diaryl/α,β-unsaturated/α-hetero) is 2. The highest BCUT2D eigenvalue weighted by molar-refractivity contribution is 7.18. The van der Waals surface area contributed by atoms with Gasteiger partial charge in [0, 0.05) is 36.4 Å². The summed E-state index contributed by atoms with van der Waals surface area (Å²) in [5.41, 5.74) is 6.96. The molecule has 47 heavy (non-hydrogen) atoms. The molecule has 0 saturated heterocycles. The lowest BCUT2D eigenvalue weighted by molar-refractivity contribution is 0.0963. The number of nitrogens with zero attached hydrogens (tertiary/aromatic N) is 4. The van der Waals surface area contributed by atoms with Crippen molar-refractivity contribution < 1.29 is 19.4 Å². The standard InChI is InChI=1S/C19H16N2O2S.C18H14N2O2S/c1-23-13-5-2-4-12(10-13)18-11-20-19(24-18)16-9-8-14-15(21-16)6-3-7-17(14)22;21-12-4-1-3-11(9-12)17-10-19-18(23-17)15-8-7-13-14(20-15)5-2-6-16(13)22/h2,4-5,8-11H,3,6-7H2,1H3;1,3-4,7-10,21H,2,5-6H2. The van der Waals surface area contributed by atoms with Crippen LogP contribution in [0.3, 0.4) is 0 Å². The van der Waals surface area contributed by atoms with Gasteiger partial charge in [0.05, 0.1) is 39.6 Å². The summed E-state index contributed by atoms with van der Waals surface area (Å²) in [5, 5.41) is 11.3. The van der Waals surface area contributed by atoms with E-state index in [0.717, 1.165) is 96.2 Å². The van der Waals surface area contributed by atoms with Crippen LogP contribution < -0.4 is 4.74 Å². The van der Waals surface area contributed by atoms with Crippen molar-refractivity contribution >= 4 is 34.2 Å². The molecule has 8 nitrogen and oxygen atoms in total. The Morgan fingerprint density at radius 1 is 0.660 bits per heavy atom. The van der Waals surface area contributed by atoms with Crippen molar-refractivity contribution in [1.82, 2.24) is 19.9 Å². The number of benzene rings is 2. The van der Waals surface area contributed by atoms with E-state index in [1.807, 2.05) is 66.9 Å². The highest BCUT2D eigenvalue weighted by Crippen LogP contribution is 2.35. The molecule has 8 rings (SSSR count). The first-order valence-electron chi connectivity index (χ1n) is 15.4. The molecule has 2 aromatic carbocycles. The lowest BCUT2D eigenvalue weighted by Gasteiger charge is -2.13. The fraction of sp³-hybridized carbons (Fsp3) is 0.189. The summed E-state index contributed by atoms with van der Waals surface area (Å²) < 4.78 is 5.28. The third kappa shape index (κ3) is 6.61. The van der Waals surface area contributed by atoms with Crippen molar-refractivity contribution in [2.45, 2.75) is 38.5 Å². The van der Waals surface area contributed by atoms with Crippen LogP contribution in [0.25, 0.3) is 42.3 Å².